The molecule has 39 heavy (non-hydrogen) atoms. The number of unbranched alkanes of at least 4 members (excludes halogenated alkanes) is 1. The quantitative estimate of drug-likeness (QED) is 0.104. The number of hydrogen-bond donors (Lipinski definition) is 1. The van der Waals surface area contributed by atoms with Crippen molar-refractivity contribution in [3.05, 3.63) is 81.8 Å². The number of ketones is 2. The number of ether oxygens (including phenoxy) is 1. The number of aliphatic hydroxyl groups excluding tert-OH is 1. The van der Waals surface area contributed by atoms with E-state index >= 15 is 0 Å². The van der Waals surface area contributed by atoms with E-state index in [9.17, 15) is 19.5 Å². The van der Waals surface area contributed by atoms with Gasteiger partial charge in [0.15, 0.2) is 16.7 Å². The molecule has 0 bridgehead atoms. The lowest BCUT2D eigenvalue weighted by Gasteiger charge is -2.23. The van der Waals surface area contributed by atoms with Crippen LogP contribution in [0.25, 0.3) is 11.4 Å². The van der Waals surface area contributed by atoms with E-state index in [1.165, 1.54) is 11.8 Å². The minimum Gasteiger partial charge on any atom is -0.505 e. The van der Waals surface area contributed by atoms with E-state index in [1.807, 2.05) is 6.07 Å². The third-order valence-corrected chi connectivity index (χ3v) is 7.90. The van der Waals surface area contributed by atoms with Crippen molar-refractivity contribution in [2.75, 3.05) is 11.5 Å². The van der Waals surface area contributed by atoms with Crippen molar-refractivity contribution in [3.8, 4) is 5.75 Å². The Morgan fingerprint density at radius 1 is 1.08 bits per heavy atom. The standard InChI is InChI=1S/C29H28N4O5S/c1-5-6-15-38-20-12-10-19(11-13-20)24-22(25(35)23-16(2)30-21-9-7-8-14-32(21)23)26(36)28(37)33(24)29-31-17(3)27(39-29)18(4)34/h7-14,24,35H,5-6,15H2,1-4H3. The molecule has 3 aromatic heterocycles. The van der Waals surface area contributed by atoms with E-state index in [-0.39, 0.29) is 22.2 Å². The maximum absolute atomic E-state index is 13.6. The van der Waals surface area contributed by atoms with Gasteiger partial charge in [0.1, 0.15) is 17.1 Å². The van der Waals surface area contributed by atoms with E-state index in [0.717, 1.165) is 24.2 Å². The van der Waals surface area contributed by atoms with Crippen molar-refractivity contribution in [1.29, 1.82) is 0 Å². The summed E-state index contributed by atoms with van der Waals surface area (Å²) in [6.07, 6.45) is 3.66. The summed E-state index contributed by atoms with van der Waals surface area (Å²) in [5, 5.41) is 11.9. The summed E-state index contributed by atoms with van der Waals surface area (Å²) in [7, 11) is 0. The number of aliphatic hydroxyl groups is 1. The predicted molar refractivity (Wildman–Crippen MR) is 148 cm³/mol. The molecule has 5 rings (SSSR count). The van der Waals surface area contributed by atoms with Crippen molar-refractivity contribution in [1.82, 2.24) is 14.4 Å². The number of rotatable bonds is 8. The fraction of sp³-hybridized carbons (Fsp3) is 0.276. The molecule has 0 saturated carbocycles. The SMILES string of the molecule is CCCCOc1ccc(C2C(=C(O)c3c(C)nc4ccccn34)C(=O)C(=O)N2c2nc(C)c(C(C)=O)s2)cc1. The molecular weight excluding hydrogens is 516 g/mol. The highest BCUT2D eigenvalue weighted by molar-refractivity contribution is 7.18. The number of amides is 1. The van der Waals surface area contributed by atoms with Gasteiger partial charge in [-0.05, 0) is 50.1 Å². The second-order valence-corrected chi connectivity index (χ2v) is 10.4. The number of thiazole rings is 1. The number of benzene rings is 1. The van der Waals surface area contributed by atoms with Crippen LogP contribution in [0.5, 0.6) is 5.75 Å². The molecular formula is C29H28N4O5S. The van der Waals surface area contributed by atoms with Gasteiger partial charge in [0.25, 0.3) is 5.78 Å². The average Bonchev–Trinajstić information content (AvgIpc) is 3.54. The minimum absolute atomic E-state index is 0.0781. The van der Waals surface area contributed by atoms with E-state index < -0.39 is 17.7 Å². The Morgan fingerprint density at radius 3 is 2.49 bits per heavy atom. The topological polar surface area (TPSA) is 114 Å². The second-order valence-electron chi connectivity index (χ2n) is 9.38. The highest BCUT2D eigenvalue weighted by Gasteiger charge is 2.48. The fourth-order valence-corrected chi connectivity index (χ4v) is 5.75. The summed E-state index contributed by atoms with van der Waals surface area (Å²) in [6, 6.07) is 11.5. The number of anilines is 1. The second kappa shape index (κ2) is 10.5. The Morgan fingerprint density at radius 2 is 1.82 bits per heavy atom. The molecule has 1 aliphatic heterocycles. The van der Waals surface area contributed by atoms with Gasteiger partial charge >= 0.3 is 5.91 Å². The molecule has 4 aromatic rings. The first-order valence-corrected chi connectivity index (χ1v) is 13.5. The number of aromatic nitrogens is 3. The summed E-state index contributed by atoms with van der Waals surface area (Å²) in [4.78, 5) is 49.9. The van der Waals surface area contributed by atoms with Gasteiger partial charge in [-0.15, -0.1) is 0 Å². The Labute approximate surface area is 229 Å². The van der Waals surface area contributed by atoms with Crippen LogP contribution in [0.3, 0.4) is 0 Å². The summed E-state index contributed by atoms with van der Waals surface area (Å²) in [5.41, 5.74) is 2.41. The van der Waals surface area contributed by atoms with Gasteiger partial charge in [-0.25, -0.2) is 9.97 Å². The fourth-order valence-electron chi connectivity index (χ4n) is 4.76. The first-order chi connectivity index (χ1) is 18.7. The van der Waals surface area contributed by atoms with Gasteiger partial charge in [0.05, 0.1) is 34.5 Å². The molecule has 200 valence electrons. The number of imidazole rings is 1. The van der Waals surface area contributed by atoms with Crippen LogP contribution in [-0.4, -0.2) is 43.6 Å². The lowest BCUT2D eigenvalue weighted by atomic mass is 9.96. The molecule has 0 spiro atoms. The number of aryl methyl sites for hydroxylation is 2. The maximum Gasteiger partial charge on any atom is 0.301 e. The highest BCUT2D eigenvalue weighted by atomic mass is 32.1. The number of fused-ring (bicyclic) bond motifs is 1. The van der Waals surface area contributed by atoms with E-state index in [4.69, 9.17) is 4.74 Å². The van der Waals surface area contributed by atoms with Crippen molar-refractivity contribution >= 4 is 45.3 Å². The third kappa shape index (κ3) is 4.61. The lowest BCUT2D eigenvalue weighted by Crippen LogP contribution is -2.29. The van der Waals surface area contributed by atoms with Crippen LogP contribution in [0.4, 0.5) is 5.13 Å². The van der Waals surface area contributed by atoms with Gasteiger partial charge in [-0.2, -0.15) is 0 Å². The molecule has 0 radical (unpaired) electrons. The first kappa shape index (κ1) is 26.3. The van der Waals surface area contributed by atoms with Crippen LogP contribution in [-0.2, 0) is 9.59 Å². The Bertz CT molecular complexity index is 1630. The molecule has 4 heterocycles. The van der Waals surface area contributed by atoms with Crippen LogP contribution >= 0.6 is 11.3 Å². The van der Waals surface area contributed by atoms with Gasteiger partial charge < -0.3 is 9.84 Å². The summed E-state index contributed by atoms with van der Waals surface area (Å²) in [5.74, 6) is -1.53. The van der Waals surface area contributed by atoms with Gasteiger partial charge in [0.2, 0.25) is 0 Å². The molecule has 1 aromatic carbocycles. The molecule has 1 atom stereocenters. The van der Waals surface area contributed by atoms with E-state index in [2.05, 4.69) is 16.9 Å². The van der Waals surface area contributed by atoms with E-state index in [0.29, 0.717) is 45.5 Å². The zero-order chi connectivity index (χ0) is 27.8. The monoisotopic (exact) mass is 544 g/mol. The first-order valence-electron chi connectivity index (χ1n) is 12.7. The Balaban J connectivity index is 1.69. The van der Waals surface area contributed by atoms with E-state index in [1.54, 1.807) is 60.8 Å². The number of carbonyl (C=O) groups is 3. The van der Waals surface area contributed by atoms with Gasteiger partial charge in [0, 0.05) is 13.1 Å². The van der Waals surface area contributed by atoms with Gasteiger partial charge in [-0.3, -0.25) is 23.7 Å². The van der Waals surface area contributed by atoms with Crippen LogP contribution in [0, 0.1) is 13.8 Å². The van der Waals surface area contributed by atoms with Crippen molar-refractivity contribution < 1.29 is 24.2 Å². The van der Waals surface area contributed by atoms with Crippen molar-refractivity contribution in [2.24, 2.45) is 0 Å². The van der Waals surface area contributed by atoms with Crippen LogP contribution in [0.15, 0.2) is 54.2 Å². The van der Waals surface area contributed by atoms with Crippen molar-refractivity contribution in [2.45, 2.75) is 46.6 Å². The molecule has 1 amide bonds. The summed E-state index contributed by atoms with van der Waals surface area (Å²) in [6.45, 7) is 7.51. The molecule has 1 unspecified atom stereocenters. The number of carbonyl (C=O) groups excluding carboxylic acids is 3. The molecule has 1 N–H and O–H groups in total. The number of pyridine rings is 1. The van der Waals surface area contributed by atoms with Gasteiger partial charge in [-0.1, -0.05) is 42.9 Å². The number of hydrogen-bond acceptors (Lipinski definition) is 8. The van der Waals surface area contributed by atoms with Crippen LogP contribution < -0.4 is 9.64 Å². The minimum atomic E-state index is -0.978. The Hall–Kier alpha value is -4.31. The molecule has 1 saturated heterocycles. The smallest absolute Gasteiger partial charge is 0.301 e. The summed E-state index contributed by atoms with van der Waals surface area (Å²) >= 11 is 1.05. The normalized spacial score (nSPS) is 16.8. The predicted octanol–water partition coefficient (Wildman–Crippen LogP) is 5.42. The van der Waals surface area contributed by atoms with Crippen LogP contribution in [0.2, 0.25) is 0 Å². The zero-order valence-electron chi connectivity index (χ0n) is 22.1. The van der Waals surface area contributed by atoms with Crippen LogP contribution in [0.1, 0.15) is 65.0 Å². The zero-order valence-corrected chi connectivity index (χ0v) is 22.9. The van der Waals surface area contributed by atoms with Crippen molar-refractivity contribution in [3.63, 3.8) is 0 Å². The summed E-state index contributed by atoms with van der Waals surface area (Å²) < 4.78 is 7.47. The number of Topliss-reactive ketones (excluding diaryl/α,β-unsaturated/α-hetero) is 2. The molecule has 0 aliphatic carbocycles. The average molecular weight is 545 g/mol. The molecule has 1 fully saturated rings. The maximum atomic E-state index is 13.6. The third-order valence-electron chi connectivity index (χ3n) is 6.65. The molecule has 10 heteroatoms. The molecule has 1 aliphatic rings. The highest BCUT2D eigenvalue weighted by Crippen LogP contribution is 2.44. The molecule has 9 nitrogen and oxygen atoms in total. The largest absolute Gasteiger partial charge is 0.505 e. The Kier molecular flexibility index (Phi) is 7.05. The lowest BCUT2D eigenvalue weighted by molar-refractivity contribution is -0.132. The number of nitrogens with zero attached hydrogens (tertiary/aromatic N) is 4.